The zero-order valence-electron chi connectivity index (χ0n) is 7.17. The minimum Gasteiger partial charge on any atom is -0.505 e. The molecule has 0 saturated carbocycles. The molecule has 0 radical (unpaired) electrons. The molecule has 5 heteroatoms. The third kappa shape index (κ3) is 4.26. The van der Waals surface area contributed by atoms with E-state index in [9.17, 15) is 0 Å². The second-order valence-corrected chi connectivity index (χ2v) is 13.2. The van der Waals surface area contributed by atoms with Crippen molar-refractivity contribution in [2.75, 3.05) is 6.61 Å². The van der Waals surface area contributed by atoms with Crippen LogP contribution in [-0.4, -0.2) is 12.4 Å². The molecule has 1 aromatic rings. The zero-order chi connectivity index (χ0) is 9.73. The number of hydrogen-bond acceptors (Lipinski definition) is 2. The topological polar surface area (TPSA) is 18.5 Å². The van der Waals surface area contributed by atoms with Gasteiger partial charge in [0, 0.05) is 6.61 Å². The fourth-order valence-corrected chi connectivity index (χ4v) is 4.12. The normalized spacial score (nSPS) is 11.3. The van der Waals surface area contributed by atoms with Gasteiger partial charge in [0.1, 0.15) is 5.75 Å². The van der Waals surface area contributed by atoms with Gasteiger partial charge in [-0.05, 0) is 49.6 Å². The molecule has 0 atom stereocenters. The molecule has 1 aromatic carbocycles. The summed E-state index contributed by atoms with van der Waals surface area (Å²) in [7, 11) is 0. The Balaban J connectivity index is 2.58. The first kappa shape index (κ1) is 11.2. The second-order valence-electron chi connectivity index (χ2n) is 2.31. The van der Waals surface area contributed by atoms with Gasteiger partial charge >= 0.3 is 5.80 Å². The molecular formula is C8H10Br2O2Si. The van der Waals surface area contributed by atoms with Gasteiger partial charge in [-0.2, -0.15) is 0 Å². The molecule has 2 nitrogen and oxygen atoms in total. The van der Waals surface area contributed by atoms with Crippen LogP contribution in [-0.2, 0) is 4.43 Å². The first-order valence-corrected chi connectivity index (χ1v) is 10.2. The summed E-state index contributed by atoms with van der Waals surface area (Å²) < 4.78 is 11.0. The highest BCUT2D eigenvalue weighted by Crippen LogP contribution is 2.25. The molecular weight excluding hydrogens is 316 g/mol. The van der Waals surface area contributed by atoms with Crippen LogP contribution in [0.4, 0.5) is 0 Å². The highest BCUT2D eigenvalue weighted by molar-refractivity contribution is 9.50. The predicted molar refractivity (Wildman–Crippen MR) is 62.3 cm³/mol. The van der Waals surface area contributed by atoms with Crippen molar-refractivity contribution in [1.29, 1.82) is 0 Å². The maximum atomic E-state index is 5.59. The largest absolute Gasteiger partial charge is 0.552 e. The summed E-state index contributed by atoms with van der Waals surface area (Å²) in [6.07, 6.45) is 0. The van der Waals surface area contributed by atoms with E-state index in [0.29, 0.717) is 6.61 Å². The Kier molecular flexibility index (Phi) is 4.44. The molecule has 0 aliphatic heterocycles. The van der Waals surface area contributed by atoms with Gasteiger partial charge in [-0.1, -0.05) is 18.2 Å². The summed E-state index contributed by atoms with van der Waals surface area (Å²) in [4.78, 5) is 0. The van der Waals surface area contributed by atoms with Gasteiger partial charge in [-0.25, -0.2) is 0 Å². The van der Waals surface area contributed by atoms with Crippen molar-refractivity contribution in [3.63, 3.8) is 0 Å². The van der Waals surface area contributed by atoms with E-state index in [1.807, 2.05) is 37.3 Å². The fraction of sp³-hybridized carbons (Fsp3) is 0.250. The Bertz CT molecular complexity index is 254. The lowest BCUT2D eigenvalue weighted by molar-refractivity contribution is 0.297. The van der Waals surface area contributed by atoms with E-state index in [-0.39, 0.29) is 0 Å². The molecule has 0 heterocycles. The molecule has 0 aliphatic rings. The zero-order valence-corrected chi connectivity index (χ0v) is 11.3. The first-order valence-electron chi connectivity index (χ1n) is 3.90. The Morgan fingerprint density at radius 2 is 1.85 bits per heavy atom. The smallest absolute Gasteiger partial charge is 0.505 e. The molecule has 72 valence electrons. The van der Waals surface area contributed by atoms with Crippen LogP contribution < -0.4 is 4.43 Å². The highest BCUT2D eigenvalue weighted by Gasteiger charge is 2.33. The molecule has 0 amide bonds. The van der Waals surface area contributed by atoms with Crippen molar-refractivity contribution in [1.82, 2.24) is 0 Å². The third-order valence-electron chi connectivity index (χ3n) is 1.29. The van der Waals surface area contributed by atoms with E-state index in [4.69, 9.17) is 8.85 Å². The summed E-state index contributed by atoms with van der Waals surface area (Å²) in [5, 5.41) is 0. The molecule has 0 aromatic heterocycles. The SMILES string of the molecule is CCO[Si](Br)(Br)Oc1ccccc1. The quantitative estimate of drug-likeness (QED) is 0.624. The molecule has 13 heavy (non-hydrogen) atoms. The minimum atomic E-state index is -2.32. The molecule has 0 spiro atoms. The first-order chi connectivity index (χ1) is 6.14. The van der Waals surface area contributed by atoms with Gasteiger partial charge in [-0.15, -0.1) is 0 Å². The van der Waals surface area contributed by atoms with E-state index in [1.54, 1.807) is 0 Å². The van der Waals surface area contributed by atoms with Gasteiger partial charge < -0.3 is 8.85 Å². The molecule has 0 N–H and O–H groups in total. The Morgan fingerprint density at radius 3 is 2.38 bits per heavy atom. The van der Waals surface area contributed by atoms with Crippen molar-refractivity contribution in [2.24, 2.45) is 0 Å². The average Bonchev–Trinajstić information content (AvgIpc) is 2.04. The van der Waals surface area contributed by atoms with Crippen LogP contribution in [0.15, 0.2) is 30.3 Å². The van der Waals surface area contributed by atoms with Crippen LogP contribution in [0.1, 0.15) is 6.92 Å². The number of hydrogen-bond donors (Lipinski definition) is 0. The maximum absolute atomic E-state index is 5.59. The van der Waals surface area contributed by atoms with Gasteiger partial charge in [0.05, 0.1) is 0 Å². The van der Waals surface area contributed by atoms with E-state index in [0.717, 1.165) is 5.75 Å². The number of para-hydroxylation sites is 1. The number of halogens is 2. The van der Waals surface area contributed by atoms with Gasteiger partial charge in [-0.3, -0.25) is 0 Å². The van der Waals surface area contributed by atoms with Crippen molar-refractivity contribution < 1.29 is 8.85 Å². The van der Waals surface area contributed by atoms with E-state index in [1.165, 1.54) is 0 Å². The lowest BCUT2D eigenvalue weighted by Gasteiger charge is -2.18. The highest BCUT2D eigenvalue weighted by atomic mass is 79.9. The number of rotatable bonds is 4. The predicted octanol–water partition coefficient (Wildman–Crippen LogP) is 3.33. The summed E-state index contributed by atoms with van der Waals surface area (Å²) in [6, 6.07) is 9.57. The summed E-state index contributed by atoms with van der Waals surface area (Å²) in [5.74, 6) is -1.52. The molecule has 0 aliphatic carbocycles. The molecule has 0 fully saturated rings. The Hall–Kier alpha value is 0.157. The monoisotopic (exact) mass is 324 g/mol. The van der Waals surface area contributed by atoms with Crippen LogP contribution >= 0.6 is 30.6 Å². The molecule has 1 rings (SSSR count). The van der Waals surface area contributed by atoms with Crippen LogP contribution in [0.5, 0.6) is 5.75 Å². The summed E-state index contributed by atoms with van der Waals surface area (Å²) in [5.41, 5.74) is 0. The van der Waals surface area contributed by atoms with Gasteiger partial charge in [0.2, 0.25) is 0 Å². The third-order valence-corrected chi connectivity index (χ3v) is 4.74. The average molecular weight is 326 g/mol. The van der Waals surface area contributed by atoms with E-state index < -0.39 is 5.80 Å². The molecule has 0 unspecified atom stereocenters. The molecule has 0 bridgehead atoms. The second kappa shape index (κ2) is 5.14. The van der Waals surface area contributed by atoms with Crippen molar-refractivity contribution in [2.45, 2.75) is 6.92 Å². The van der Waals surface area contributed by atoms with Crippen molar-refractivity contribution in [3.05, 3.63) is 30.3 Å². The van der Waals surface area contributed by atoms with E-state index in [2.05, 4.69) is 30.6 Å². The van der Waals surface area contributed by atoms with Crippen LogP contribution in [0.3, 0.4) is 0 Å². The summed E-state index contributed by atoms with van der Waals surface area (Å²) in [6.45, 7) is 2.55. The van der Waals surface area contributed by atoms with Crippen molar-refractivity contribution in [3.8, 4) is 5.75 Å². The van der Waals surface area contributed by atoms with Gasteiger partial charge in [0.25, 0.3) is 0 Å². The maximum Gasteiger partial charge on any atom is 0.552 e. The minimum absolute atomic E-state index is 0.621. The standard InChI is InChI=1S/C8H10Br2O2Si/c1-2-11-13(9,10)12-8-6-4-3-5-7-8/h3-7H,2H2,1H3. The lowest BCUT2D eigenvalue weighted by Crippen LogP contribution is -2.31. The Labute approximate surface area is 94.6 Å². The van der Waals surface area contributed by atoms with Crippen LogP contribution in [0, 0.1) is 0 Å². The molecule has 0 saturated heterocycles. The lowest BCUT2D eigenvalue weighted by atomic mass is 10.3. The number of benzene rings is 1. The van der Waals surface area contributed by atoms with Gasteiger partial charge in [0.15, 0.2) is 0 Å². The van der Waals surface area contributed by atoms with Crippen LogP contribution in [0.2, 0.25) is 0 Å². The van der Waals surface area contributed by atoms with Crippen molar-refractivity contribution >= 4 is 36.4 Å². The summed E-state index contributed by atoms with van der Waals surface area (Å²) >= 11 is 6.78. The van der Waals surface area contributed by atoms with E-state index >= 15 is 0 Å². The van der Waals surface area contributed by atoms with Crippen LogP contribution in [0.25, 0.3) is 0 Å². The fourth-order valence-electron chi connectivity index (χ4n) is 0.823. The Morgan fingerprint density at radius 1 is 1.23 bits per heavy atom.